The van der Waals surface area contributed by atoms with Crippen LogP contribution in [0.1, 0.15) is 16.5 Å². The zero-order chi connectivity index (χ0) is 13.7. The van der Waals surface area contributed by atoms with Crippen molar-refractivity contribution in [2.24, 2.45) is 0 Å². The van der Waals surface area contributed by atoms with Gasteiger partial charge in [-0.1, -0.05) is 29.8 Å². The van der Waals surface area contributed by atoms with E-state index in [2.05, 4.69) is 0 Å². The highest BCUT2D eigenvalue weighted by Gasteiger charge is 2.17. The third-order valence-electron chi connectivity index (χ3n) is 2.62. The Morgan fingerprint density at radius 2 is 2.00 bits per heavy atom. The highest BCUT2D eigenvalue weighted by atomic mass is 35.5. The van der Waals surface area contributed by atoms with Gasteiger partial charge >= 0.3 is 0 Å². The van der Waals surface area contributed by atoms with Crippen molar-refractivity contribution in [1.82, 2.24) is 0 Å². The van der Waals surface area contributed by atoms with E-state index in [-0.39, 0.29) is 0 Å². The van der Waals surface area contributed by atoms with Gasteiger partial charge in [-0.25, -0.2) is 0 Å². The molecule has 0 aliphatic rings. The minimum absolute atomic E-state index is 0.450. The number of para-hydroxylation sites is 1. The van der Waals surface area contributed by atoms with Crippen LogP contribution in [0, 0.1) is 0 Å². The lowest BCUT2D eigenvalue weighted by atomic mass is 10.1. The van der Waals surface area contributed by atoms with Gasteiger partial charge in [-0.2, -0.15) is 0 Å². The van der Waals surface area contributed by atoms with Gasteiger partial charge in [-0.05, 0) is 18.2 Å². The Morgan fingerprint density at radius 3 is 2.68 bits per heavy atom. The van der Waals surface area contributed by atoms with E-state index in [1.54, 1.807) is 13.2 Å². The lowest BCUT2D eigenvalue weighted by molar-refractivity contribution is 0.142. The summed E-state index contributed by atoms with van der Waals surface area (Å²) < 4.78 is 11.2. The van der Waals surface area contributed by atoms with Gasteiger partial charge in [0.05, 0.1) is 10.9 Å². The van der Waals surface area contributed by atoms with Crippen molar-refractivity contribution in [3.05, 3.63) is 51.2 Å². The number of hydrogen-bond donors (Lipinski definition) is 1. The van der Waals surface area contributed by atoms with Gasteiger partial charge in [0, 0.05) is 17.6 Å². The number of thiophene rings is 1. The predicted octanol–water partition coefficient (Wildman–Crippen LogP) is 3.51. The van der Waals surface area contributed by atoms with Crippen LogP contribution in [-0.2, 0) is 4.74 Å². The van der Waals surface area contributed by atoms with Gasteiger partial charge < -0.3 is 14.6 Å². The summed E-state index contributed by atoms with van der Waals surface area (Å²) in [6.45, 7) is 0.959. The van der Waals surface area contributed by atoms with Crippen molar-refractivity contribution in [3.63, 3.8) is 0 Å². The van der Waals surface area contributed by atoms with Gasteiger partial charge in [0.1, 0.15) is 18.5 Å². The monoisotopic (exact) mass is 298 g/mol. The summed E-state index contributed by atoms with van der Waals surface area (Å²) in [4.78, 5) is 0.799. The molecule has 1 atom stereocenters. The first kappa shape index (κ1) is 14.3. The third kappa shape index (κ3) is 3.70. The van der Waals surface area contributed by atoms with Crippen LogP contribution in [0.15, 0.2) is 36.4 Å². The van der Waals surface area contributed by atoms with Crippen molar-refractivity contribution >= 4 is 22.9 Å². The van der Waals surface area contributed by atoms with E-state index in [1.807, 2.05) is 30.3 Å². The van der Waals surface area contributed by atoms with Crippen LogP contribution in [0.3, 0.4) is 0 Å². The van der Waals surface area contributed by atoms with E-state index in [9.17, 15) is 5.11 Å². The Bertz CT molecular complexity index is 527. The smallest absolute Gasteiger partial charge is 0.125 e. The standard InChI is InChI=1S/C14H15ClO3S/c1-17-8-9-18-11-5-3-2-4-10(11)14(16)12-6-7-13(15)19-12/h2-7,14,16H,8-9H2,1H3. The summed E-state index contributed by atoms with van der Waals surface area (Å²) in [5.74, 6) is 0.663. The molecule has 102 valence electrons. The molecule has 0 saturated heterocycles. The normalized spacial score (nSPS) is 12.4. The summed E-state index contributed by atoms with van der Waals surface area (Å²) in [6, 6.07) is 11.0. The van der Waals surface area contributed by atoms with Gasteiger partial charge in [-0.3, -0.25) is 0 Å². The fourth-order valence-electron chi connectivity index (χ4n) is 1.70. The summed E-state index contributed by atoms with van der Waals surface area (Å²) in [5, 5.41) is 10.4. The maximum atomic E-state index is 10.4. The molecule has 0 bridgehead atoms. The van der Waals surface area contributed by atoms with Gasteiger partial charge in [-0.15, -0.1) is 11.3 Å². The summed E-state index contributed by atoms with van der Waals surface area (Å²) in [7, 11) is 1.62. The molecule has 5 heteroatoms. The molecule has 0 saturated carbocycles. The number of ether oxygens (including phenoxy) is 2. The van der Waals surface area contributed by atoms with Crippen LogP contribution in [0.5, 0.6) is 5.75 Å². The third-order valence-corrected chi connectivity index (χ3v) is 3.91. The number of aliphatic hydroxyl groups excluding tert-OH is 1. The molecule has 2 rings (SSSR count). The average Bonchev–Trinajstić information content (AvgIpc) is 2.85. The molecule has 0 fully saturated rings. The van der Waals surface area contributed by atoms with E-state index < -0.39 is 6.10 Å². The second kappa shape index (κ2) is 6.91. The molecule has 0 spiro atoms. The van der Waals surface area contributed by atoms with Gasteiger partial charge in [0.15, 0.2) is 0 Å². The lowest BCUT2D eigenvalue weighted by Gasteiger charge is -2.15. The molecule has 3 nitrogen and oxygen atoms in total. The highest BCUT2D eigenvalue weighted by molar-refractivity contribution is 7.16. The Balaban J connectivity index is 2.18. The molecule has 1 aromatic carbocycles. The summed E-state index contributed by atoms with van der Waals surface area (Å²) in [5.41, 5.74) is 0.733. The number of benzene rings is 1. The molecular weight excluding hydrogens is 284 g/mol. The molecule has 1 N–H and O–H groups in total. The van der Waals surface area contributed by atoms with Crippen molar-refractivity contribution in [2.45, 2.75) is 6.10 Å². The van der Waals surface area contributed by atoms with E-state index in [0.29, 0.717) is 23.3 Å². The van der Waals surface area contributed by atoms with Crippen LogP contribution >= 0.6 is 22.9 Å². The molecule has 0 aliphatic carbocycles. The highest BCUT2D eigenvalue weighted by Crippen LogP contribution is 2.34. The molecule has 1 aromatic heterocycles. The Kier molecular flexibility index (Phi) is 5.22. The second-order valence-electron chi connectivity index (χ2n) is 3.92. The maximum absolute atomic E-state index is 10.4. The Morgan fingerprint density at radius 1 is 1.21 bits per heavy atom. The maximum Gasteiger partial charge on any atom is 0.125 e. The fraction of sp³-hybridized carbons (Fsp3) is 0.286. The van der Waals surface area contributed by atoms with Crippen molar-refractivity contribution < 1.29 is 14.6 Å². The minimum atomic E-state index is -0.726. The number of rotatable bonds is 6. The first-order valence-electron chi connectivity index (χ1n) is 5.86. The number of halogens is 1. The quantitative estimate of drug-likeness (QED) is 0.830. The molecule has 0 amide bonds. The van der Waals surface area contributed by atoms with E-state index >= 15 is 0 Å². The SMILES string of the molecule is COCCOc1ccccc1C(O)c1ccc(Cl)s1. The van der Waals surface area contributed by atoms with E-state index in [1.165, 1.54) is 11.3 Å². The number of aliphatic hydroxyl groups is 1. The largest absolute Gasteiger partial charge is 0.491 e. The van der Waals surface area contributed by atoms with Crippen LogP contribution in [0.4, 0.5) is 0 Å². The lowest BCUT2D eigenvalue weighted by Crippen LogP contribution is -2.07. The first-order chi connectivity index (χ1) is 9.22. The van der Waals surface area contributed by atoms with Crippen molar-refractivity contribution in [2.75, 3.05) is 20.3 Å². The second-order valence-corrected chi connectivity index (χ2v) is 5.67. The van der Waals surface area contributed by atoms with Gasteiger partial charge in [0.25, 0.3) is 0 Å². The Labute approximate surface area is 121 Å². The van der Waals surface area contributed by atoms with E-state index in [0.717, 1.165) is 10.4 Å². The molecule has 19 heavy (non-hydrogen) atoms. The topological polar surface area (TPSA) is 38.7 Å². The predicted molar refractivity (Wildman–Crippen MR) is 77.2 cm³/mol. The fourth-order valence-corrected chi connectivity index (χ4v) is 2.77. The molecular formula is C14H15ClO3S. The number of methoxy groups -OCH3 is 1. The molecule has 0 radical (unpaired) electrons. The van der Waals surface area contributed by atoms with Crippen LogP contribution in [-0.4, -0.2) is 25.4 Å². The van der Waals surface area contributed by atoms with Crippen LogP contribution in [0.2, 0.25) is 4.34 Å². The average molecular weight is 299 g/mol. The summed E-state index contributed by atoms with van der Waals surface area (Å²) >= 11 is 7.26. The van der Waals surface area contributed by atoms with Crippen molar-refractivity contribution in [3.8, 4) is 5.75 Å². The van der Waals surface area contributed by atoms with Crippen molar-refractivity contribution in [1.29, 1.82) is 0 Å². The van der Waals surface area contributed by atoms with E-state index in [4.69, 9.17) is 21.1 Å². The molecule has 1 heterocycles. The van der Waals surface area contributed by atoms with Crippen LogP contribution in [0.25, 0.3) is 0 Å². The molecule has 1 unspecified atom stereocenters. The molecule has 0 aliphatic heterocycles. The Hall–Kier alpha value is -1.07. The molecule has 2 aromatic rings. The zero-order valence-corrected chi connectivity index (χ0v) is 12.1. The number of hydrogen-bond acceptors (Lipinski definition) is 4. The minimum Gasteiger partial charge on any atom is -0.491 e. The van der Waals surface area contributed by atoms with Crippen LogP contribution < -0.4 is 4.74 Å². The summed E-state index contributed by atoms with van der Waals surface area (Å²) in [6.07, 6.45) is -0.726. The zero-order valence-electron chi connectivity index (χ0n) is 10.5. The first-order valence-corrected chi connectivity index (χ1v) is 7.05. The van der Waals surface area contributed by atoms with Gasteiger partial charge in [0.2, 0.25) is 0 Å².